The molecule has 1 heterocycles. The van der Waals surface area contributed by atoms with Gasteiger partial charge >= 0.3 is 6.03 Å². The van der Waals surface area contributed by atoms with Crippen LogP contribution in [0.3, 0.4) is 0 Å². The molecule has 2 amide bonds. The average molecular weight is 335 g/mol. The molecule has 4 nitrogen and oxygen atoms in total. The van der Waals surface area contributed by atoms with Crippen LogP contribution in [0, 0.1) is 5.82 Å². The highest BCUT2D eigenvalue weighted by atomic mass is 35.5. The first-order chi connectivity index (χ1) is 11.1. The Labute approximate surface area is 138 Å². The van der Waals surface area contributed by atoms with E-state index < -0.39 is 0 Å². The van der Waals surface area contributed by atoms with Crippen LogP contribution >= 0.6 is 11.6 Å². The van der Waals surface area contributed by atoms with Gasteiger partial charge in [0, 0.05) is 16.6 Å². The Morgan fingerprint density at radius 3 is 2.48 bits per heavy atom. The molecule has 1 saturated heterocycles. The molecule has 0 aromatic heterocycles. The fourth-order valence-corrected chi connectivity index (χ4v) is 2.73. The number of ether oxygens (including phenoxy) is 1. The standard InChI is InChI=1S/C17H16ClFN2O2/c18-12-3-1-11(2-4-12)15-9-23-10-16(15)21-17(22)20-14-7-5-13(19)6-8-14/h1-8,15-16H,9-10H2,(H2,20,21,22)/t15-,16-/m1/s1. The SMILES string of the molecule is O=C(Nc1ccc(F)cc1)N[C@@H]1COC[C@@H]1c1ccc(Cl)cc1. The minimum absolute atomic E-state index is 0.0752. The largest absolute Gasteiger partial charge is 0.379 e. The average Bonchev–Trinajstić information content (AvgIpc) is 2.98. The lowest BCUT2D eigenvalue weighted by molar-refractivity contribution is 0.187. The first-order valence-corrected chi connectivity index (χ1v) is 7.66. The first kappa shape index (κ1) is 15.8. The predicted octanol–water partition coefficient (Wildman–Crippen LogP) is 3.78. The van der Waals surface area contributed by atoms with Crippen molar-refractivity contribution in [3.05, 3.63) is 64.9 Å². The lowest BCUT2D eigenvalue weighted by Gasteiger charge is -2.20. The fourth-order valence-electron chi connectivity index (χ4n) is 2.60. The van der Waals surface area contributed by atoms with Gasteiger partial charge in [0.1, 0.15) is 5.82 Å². The summed E-state index contributed by atoms with van der Waals surface area (Å²) in [6.07, 6.45) is 0. The van der Waals surface area contributed by atoms with Crippen molar-refractivity contribution in [2.75, 3.05) is 18.5 Å². The maximum Gasteiger partial charge on any atom is 0.319 e. The van der Waals surface area contributed by atoms with Gasteiger partial charge in [0.25, 0.3) is 0 Å². The summed E-state index contributed by atoms with van der Waals surface area (Å²) in [5, 5.41) is 6.26. The maximum absolute atomic E-state index is 12.9. The topological polar surface area (TPSA) is 50.4 Å². The van der Waals surface area contributed by atoms with E-state index in [1.54, 1.807) is 0 Å². The lowest BCUT2D eigenvalue weighted by Crippen LogP contribution is -2.41. The minimum Gasteiger partial charge on any atom is -0.379 e. The van der Waals surface area contributed by atoms with Crippen LogP contribution in [0.15, 0.2) is 48.5 Å². The zero-order chi connectivity index (χ0) is 16.2. The van der Waals surface area contributed by atoms with Crippen LogP contribution in [0.25, 0.3) is 0 Å². The quantitative estimate of drug-likeness (QED) is 0.897. The molecule has 3 rings (SSSR count). The van der Waals surface area contributed by atoms with Crippen LogP contribution in [-0.4, -0.2) is 25.3 Å². The monoisotopic (exact) mass is 334 g/mol. The normalized spacial score (nSPS) is 20.3. The summed E-state index contributed by atoms with van der Waals surface area (Å²) in [6.45, 7) is 0.993. The molecule has 2 atom stereocenters. The van der Waals surface area contributed by atoms with Crippen molar-refractivity contribution >= 4 is 23.3 Å². The molecule has 0 bridgehead atoms. The van der Waals surface area contributed by atoms with Gasteiger partial charge in [0.15, 0.2) is 0 Å². The Morgan fingerprint density at radius 1 is 1.09 bits per heavy atom. The van der Waals surface area contributed by atoms with Gasteiger partial charge in [-0.15, -0.1) is 0 Å². The van der Waals surface area contributed by atoms with Gasteiger partial charge < -0.3 is 15.4 Å². The summed E-state index contributed by atoms with van der Waals surface area (Å²) in [6, 6.07) is 12.7. The Hall–Kier alpha value is -2.11. The van der Waals surface area contributed by atoms with E-state index >= 15 is 0 Å². The van der Waals surface area contributed by atoms with Gasteiger partial charge in [0.05, 0.1) is 19.3 Å². The number of hydrogen-bond acceptors (Lipinski definition) is 2. The van der Waals surface area contributed by atoms with Gasteiger partial charge in [-0.2, -0.15) is 0 Å². The number of carbonyl (C=O) groups excluding carboxylic acids is 1. The number of nitrogens with one attached hydrogen (secondary N) is 2. The van der Waals surface area contributed by atoms with Gasteiger partial charge in [-0.1, -0.05) is 23.7 Å². The highest BCUT2D eigenvalue weighted by molar-refractivity contribution is 6.30. The second kappa shape index (κ2) is 6.98. The summed E-state index contributed by atoms with van der Waals surface area (Å²) in [7, 11) is 0. The molecule has 0 saturated carbocycles. The van der Waals surface area contributed by atoms with Crippen molar-refractivity contribution in [1.82, 2.24) is 5.32 Å². The third-order valence-electron chi connectivity index (χ3n) is 3.80. The Balaban J connectivity index is 1.62. The van der Waals surface area contributed by atoms with Crippen molar-refractivity contribution in [3.8, 4) is 0 Å². The van der Waals surface area contributed by atoms with Crippen molar-refractivity contribution < 1.29 is 13.9 Å². The molecule has 2 N–H and O–H groups in total. The number of halogens is 2. The third kappa shape index (κ3) is 4.00. The van der Waals surface area contributed by atoms with Gasteiger partial charge in [-0.05, 0) is 42.0 Å². The van der Waals surface area contributed by atoms with Crippen LogP contribution in [-0.2, 0) is 4.74 Å². The highest BCUT2D eigenvalue weighted by Crippen LogP contribution is 2.27. The first-order valence-electron chi connectivity index (χ1n) is 7.28. The number of rotatable bonds is 3. The number of anilines is 1. The summed E-state index contributed by atoms with van der Waals surface area (Å²) >= 11 is 5.90. The van der Waals surface area contributed by atoms with E-state index in [1.807, 2.05) is 24.3 Å². The molecule has 2 aromatic carbocycles. The van der Waals surface area contributed by atoms with E-state index in [-0.39, 0.29) is 23.8 Å². The predicted molar refractivity (Wildman–Crippen MR) is 87.4 cm³/mol. The summed E-state index contributed by atoms with van der Waals surface area (Å²) < 4.78 is 18.4. The summed E-state index contributed by atoms with van der Waals surface area (Å²) in [5.74, 6) is -0.269. The van der Waals surface area contributed by atoms with E-state index in [9.17, 15) is 9.18 Å². The number of carbonyl (C=O) groups is 1. The molecule has 0 radical (unpaired) electrons. The Kier molecular flexibility index (Phi) is 4.79. The van der Waals surface area contributed by atoms with Crippen molar-refractivity contribution in [2.24, 2.45) is 0 Å². The molecule has 1 fully saturated rings. The molecule has 0 unspecified atom stereocenters. The van der Waals surface area contributed by atoms with Crippen LogP contribution in [0.2, 0.25) is 5.02 Å². The third-order valence-corrected chi connectivity index (χ3v) is 4.05. The molecule has 120 valence electrons. The minimum atomic E-state index is -0.344. The van der Waals surface area contributed by atoms with Crippen LogP contribution < -0.4 is 10.6 Å². The zero-order valence-electron chi connectivity index (χ0n) is 12.3. The lowest BCUT2D eigenvalue weighted by atomic mass is 9.94. The second-order valence-corrected chi connectivity index (χ2v) is 5.84. The van der Waals surface area contributed by atoms with E-state index in [0.29, 0.717) is 23.9 Å². The molecule has 2 aromatic rings. The second-order valence-electron chi connectivity index (χ2n) is 5.41. The van der Waals surface area contributed by atoms with Crippen LogP contribution in [0.5, 0.6) is 0 Å². The molecular formula is C17H16ClFN2O2. The molecule has 1 aliphatic heterocycles. The van der Waals surface area contributed by atoms with E-state index in [0.717, 1.165) is 5.56 Å². The van der Waals surface area contributed by atoms with Crippen molar-refractivity contribution in [1.29, 1.82) is 0 Å². The zero-order valence-corrected chi connectivity index (χ0v) is 13.0. The molecule has 0 aliphatic carbocycles. The molecular weight excluding hydrogens is 319 g/mol. The smallest absolute Gasteiger partial charge is 0.319 e. The van der Waals surface area contributed by atoms with Gasteiger partial charge in [-0.3, -0.25) is 0 Å². The summed E-state index contributed by atoms with van der Waals surface area (Å²) in [5.41, 5.74) is 1.60. The number of amides is 2. The molecule has 23 heavy (non-hydrogen) atoms. The van der Waals surface area contributed by atoms with Gasteiger partial charge in [-0.25, -0.2) is 9.18 Å². The number of hydrogen-bond donors (Lipinski definition) is 2. The van der Waals surface area contributed by atoms with E-state index in [4.69, 9.17) is 16.3 Å². The van der Waals surface area contributed by atoms with Crippen LogP contribution in [0.4, 0.5) is 14.9 Å². The maximum atomic E-state index is 12.9. The summed E-state index contributed by atoms with van der Waals surface area (Å²) in [4.78, 5) is 12.1. The molecule has 6 heteroatoms. The molecule has 1 aliphatic rings. The van der Waals surface area contributed by atoms with Crippen molar-refractivity contribution in [2.45, 2.75) is 12.0 Å². The van der Waals surface area contributed by atoms with Crippen molar-refractivity contribution in [3.63, 3.8) is 0 Å². The van der Waals surface area contributed by atoms with Gasteiger partial charge in [0.2, 0.25) is 0 Å². The van der Waals surface area contributed by atoms with E-state index in [1.165, 1.54) is 24.3 Å². The molecule has 0 spiro atoms. The number of benzene rings is 2. The number of urea groups is 1. The Morgan fingerprint density at radius 2 is 1.78 bits per heavy atom. The highest BCUT2D eigenvalue weighted by Gasteiger charge is 2.30. The van der Waals surface area contributed by atoms with Crippen LogP contribution in [0.1, 0.15) is 11.5 Å². The van der Waals surface area contributed by atoms with E-state index in [2.05, 4.69) is 10.6 Å². The Bertz CT molecular complexity index is 676. The fraction of sp³-hybridized carbons (Fsp3) is 0.235.